The Labute approximate surface area is 196 Å². The Hall–Kier alpha value is -2.23. The SMILES string of the molecule is CCC(CC1CCC(C)N1C(=O)CSC/C(C(C)=N)=C(\C)O)c1ccccc1C#CCO. The fourth-order valence-electron chi connectivity index (χ4n) is 4.50. The second-order valence-corrected chi connectivity index (χ2v) is 9.44. The van der Waals surface area contributed by atoms with Crippen molar-refractivity contribution in [3.63, 3.8) is 0 Å². The Kier molecular flexibility index (Phi) is 10.3. The van der Waals surface area contributed by atoms with E-state index in [0.29, 0.717) is 28.7 Å². The van der Waals surface area contributed by atoms with Crippen LogP contribution in [0.15, 0.2) is 35.6 Å². The third kappa shape index (κ3) is 6.88. The van der Waals surface area contributed by atoms with Gasteiger partial charge in [0.05, 0.1) is 11.5 Å². The van der Waals surface area contributed by atoms with Gasteiger partial charge < -0.3 is 20.5 Å². The van der Waals surface area contributed by atoms with Crippen molar-refractivity contribution in [1.82, 2.24) is 4.90 Å². The zero-order valence-corrected chi connectivity index (χ0v) is 20.5. The number of allylic oxidation sites excluding steroid dienone is 1. The largest absolute Gasteiger partial charge is 0.512 e. The minimum absolute atomic E-state index is 0.130. The first-order valence-corrected chi connectivity index (χ1v) is 12.5. The van der Waals surface area contributed by atoms with Crippen LogP contribution in [-0.4, -0.2) is 56.9 Å². The summed E-state index contributed by atoms with van der Waals surface area (Å²) < 4.78 is 0. The zero-order valence-electron chi connectivity index (χ0n) is 19.6. The molecule has 1 fully saturated rings. The average Bonchev–Trinajstić information content (AvgIpc) is 3.13. The second-order valence-electron chi connectivity index (χ2n) is 8.45. The van der Waals surface area contributed by atoms with Crippen LogP contribution < -0.4 is 0 Å². The molecule has 1 amide bonds. The van der Waals surface area contributed by atoms with Gasteiger partial charge in [-0.15, -0.1) is 11.8 Å². The van der Waals surface area contributed by atoms with Crippen LogP contribution in [0, 0.1) is 17.3 Å². The number of carbonyl (C=O) groups is 1. The first kappa shape index (κ1) is 26.0. The normalized spacial score (nSPS) is 19.7. The molecule has 3 atom stereocenters. The second kappa shape index (κ2) is 12.7. The van der Waals surface area contributed by atoms with Crippen molar-refractivity contribution >= 4 is 23.4 Å². The van der Waals surface area contributed by atoms with E-state index in [9.17, 15) is 9.90 Å². The van der Waals surface area contributed by atoms with E-state index in [4.69, 9.17) is 10.5 Å². The Morgan fingerprint density at radius 2 is 2.00 bits per heavy atom. The quantitative estimate of drug-likeness (QED) is 0.280. The molecule has 1 aliphatic rings. The van der Waals surface area contributed by atoms with Gasteiger partial charge in [-0.25, -0.2) is 0 Å². The highest BCUT2D eigenvalue weighted by molar-refractivity contribution is 8.00. The van der Waals surface area contributed by atoms with Gasteiger partial charge >= 0.3 is 0 Å². The number of thioether (sulfide) groups is 1. The summed E-state index contributed by atoms with van der Waals surface area (Å²) in [7, 11) is 0. The highest BCUT2D eigenvalue weighted by atomic mass is 32.2. The Morgan fingerprint density at radius 1 is 1.28 bits per heavy atom. The first-order chi connectivity index (χ1) is 15.3. The lowest BCUT2D eigenvalue weighted by atomic mass is 9.86. The molecule has 0 saturated carbocycles. The van der Waals surface area contributed by atoms with E-state index in [0.717, 1.165) is 31.2 Å². The number of likely N-dealkylation sites (tertiary alicyclic amines) is 1. The van der Waals surface area contributed by atoms with E-state index in [1.54, 1.807) is 13.8 Å². The van der Waals surface area contributed by atoms with Crippen molar-refractivity contribution in [2.45, 2.75) is 71.4 Å². The Morgan fingerprint density at radius 3 is 2.62 bits per heavy atom. The number of aliphatic hydroxyl groups excluding tert-OH is 2. The van der Waals surface area contributed by atoms with Crippen LogP contribution in [0.4, 0.5) is 0 Å². The van der Waals surface area contributed by atoms with E-state index in [-0.39, 0.29) is 30.4 Å². The molecule has 0 aromatic heterocycles. The topological polar surface area (TPSA) is 84.6 Å². The molecule has 6 heteroatoms. The Balaban J connectivity index is 2.10. The van der Waals surface area contributed by atoms with E-state index >= 15 is 0 Å². The summed E-state index contributed by atoms with van der Waals surface area (Å²) in [6.45, 7) is 7.38. The van der Waals surface area contributed by atoms with Gasteiger partial charge in [-0.1, -0.05) is 37.0 Å². The molecule has 174 valence electrons. The van der Waals surface area contributed by atoms with Crippen LogP contribution in [0.5, 0.6) is 0 Å². The lowest BCUT2D eigenvalue weighted by molar-refractivity contribution is -0.131. The molecule has 0 aliphatic carbocycles. The van der Waals surface area contributed by atoms with Crippen molar-refractivity contribution in [3.05, 3.63) is 46.7 Å². The number of benzene rings is 1. The van der Waals surface area contributed by atoms with Gasteiger partial charge in [-0.3, -0.25) is 4.79 Å². The van der Waals surface area contributed by atoms with Crippen molar-refractivity contribution in [1.29, 1.82) is 5.41 Å². The number of hydrogen-bond acceptors (Lipinski definition) is 5. The molecule has 1 aliphatic heterocycles. The van der Waals surface area contributed by atoms with E-state index in [1.165, 1.54) is 17.3 Å². The molecule has 0 bridgehead atoms. The van der Waals surface area contributed by atoms with E-state index in [2.05, 4.69) is 36.7 Å². The summed E-state index contributed by atoms with van der Waals surface area (Å²) in [6, 6.07) is 8.51. The molecule has 5 nitrogen and oxygen atoms in total. The lowest BCUT2D eigenvalue weighted by Crippen LogP contribution is -2.41. The van der Waals surface area contributed by atoms with Crippen LogP contribution in [-0.2, 0) is 4.79 Å². The number of nitrogens with one attached hydrogen (secondary N) is 1. The number of carbonyl (C=O) groups excluding carboxylic acids is 1. The highest BCUT2D eigenvalue weighted by Crippen LogP contribution is 2.35. The van der Waals surface area contributed by atoms with Crippen molar-refractivity contribution < 1.29 is 15.0 Å². The van der Waals surface area contributed by atoms with Crippen LogP contribution in [0.25, 0.3) is 0 Å². The molecule has 1 saturated heterocycles. The van der Waals surface area contributed by atoms with Gasteiger partial charge in [0.15, 0.2) is 0 Å². The van der Waals surface area contributed by atoms with Crippen LogP contribution >= 0.6 is 11.8 Å². The van der Waals surface area contributed by atoms with Gasteiger partial charge in [-0.05, 0) is 64.0 Å². The van der Waals surface area contributed by atoms with Crippen molar-refractivity contribution in [2.75, 3.05) is 18.1 Å². The molecule has 2 rings (SSSR count). The Bertz CT molecular complexity index is 896. The van der Waals surface area contributed by atoms with Crippen LogP contribution in [0.1, 0.15) is 70.4 Å². The number of hydrogen-bond donors (Lipinski definition) is 3. The monoisotopic (exact) mass is 456 g/mol. The van der Waals surface area contributed by atoms with Gasteiger partial charge in [0.1, 0.15) is 6.61 Å². The van der Waals surface area contributed by atoms with Gasteiger partial charge in [0.25, 0.3) is 0 Å². The summed E-state index contributed by atoms with van der Waals surface area (Å²) in [5, 5.41) is 26.6. The molecular weight excluding hydrogens is 420 g/mol. The first-order valence-electron chi connectivity index (χ1n) is 11.3. The fourth-order valence-corrected chi connectivity index (χ4v) is 5.55. The summed E-state index contributed by atoms with van der Waals surface area (Å²) in [5.41, 5.74) is 3.08. The fraction of sp³-hybridized carbons (Fsp3) is 0.538. The number of nitrogens with zero attached hydrogens (tertiary/aromatic N) is 1. The third-order valence-electron chi connectivity index (χ3n) is 6.19. The van der Waals surface area contributed by atoms with E-state index < -0.39 is 0 Å². The maximum atomic E-state index is 13.1. The third-order valence-corrected chi connectivity index (χ3v) is 7.13. The number of rotatable bonds is 9. The van der Waals surface area contributed by atoms with Gasteiger partial charge in [-0.2, -0.15) is 0 Å². The standard InChI is InChI=1S/C26H36N2O3S/c1-5-21(24-11-7-6-9-22(24)10-8-14-29)15-23-13-12-18(2)28(23)26(31)17-32-16-25(19(3)27)20(4)30/h6-7,9,11,18,21,23,27,29-30H,5,12-17H2,1-4H3/b25-20-,27-19?. The number of aliphatic hydroxyl groups is 2. The predicted molar refractivity (Wildman–Crippen MR) is 133 cm³/mol. The summed E-state index contributed by atoms with van der Waals surface area (Å²) in [4.78, 5) is 15.2. The van der Waals surface area contributed by atoms with Crippen molar-refractivity contribution in [3.8, 4) is 11.8 Å². The highest BCUT2D eigenvalue weighted by Gasteiger charge is 2.35. The molecule has 3 N–H and O–H groups in total. The molecule has 0 spiro atoms. The molecule has 32 heavy (non-hydrogen) atoms. The lowest BCUT2D eigenvalue weighted by Gasteiger charge is -2.31. The van der Waals surface area contributed by atoms with E-state index in [1.807, 2.05) is 18.2 Å². The zero-order chi connectivity index (χ0) is 23.7. The van der Waals surface area contributed by atoms with Crippen LogP contribution in [0.2, 0.25) is 0 Å². The molecule has 1 aromatic carbocycles. The van der Waals surface area contributed by atoms with Crippen LogP contribution in [0.3, 0.4) is 0 Å². The summed E-state index contributed by atoms with van der Waals surface area (Å²) in [6.07, 6.45) is 3.86. The smallest absolute Gasteiger partial charge is 0.233 e. The molecule has 1 heterocycles. The van der Waals surface area contributed by atoms with Gasteiger partial charge in [0.2, 0.25) is 5.91 Å². The predicted octanol–water partition coefficient (Wildman–Crippen LogP) is 4.90. The molecule has 0 radical (unpaired) electrons. The molecular formula is C26H36N2O3S. The molecule has 1 aromatic rings. The summed E-state index contributed by atoms with van der Waals surface area (Å²) >= 11 is 1.46. The van der Waals surface area contributed by atoms with Gasteiger partial charge in [0, 0.05) is 34.7 Å². The van der Waals surface area contributed by atoms with Crippen molar-refractivity contribution in [2.24, 2.45) is 0 Å². The summed E-state index contributed by atoms with van der Waals surface area (Å²) in [5.74, 6) is 7.23. The minimum Gasteiger partial charge on any atom is -0.512 e. The minimum atomic E-state index is -0.157. The average molecular weight is 457 g/mol. The maximum Gasteiger partial charge on any atom is 0.233 e. The maximum absolute atomic E-state index is 13.1. The molecule has 3 unspecified atom stereocenters. The number of amides is 1.